The van der Waals surface area contributed by atoms with Gasteiger partial charge in [0.1, 0.15) is 23.7 Å². The van der Waals surface area contributed by atoms with Crippen molar-refractivity contribution in [3.8, 4) is 5.75 Å². The van der Waals surface area contributed by atoms with Crippen LogP contribution in [-0.2, 0) is 16.2 Å². The zero-order valence-electron chi connectivity index (χ0n) is 22.4. The fourth-order valence-corrected chi connectivity index (χ4v) is 5.06. The number of ketones is 1. The number of aliphatic hydroxyl groups excluding tert-OH is 1. The molecule has 0 bridgehead atoms. The van der Waals surface area contributed by atoms with Crippen molar-refractivity contribution in [1.29, 1.82) is 0 Å². The Morgan fingerprint density at radius 2 is 1.79 bits per heavy atom. The van der Waals surface area contributed by atoms with Crippen molar-refractivity contribution in [2.75, 3.05) is 27.2 Å². The van der Waals surface area contributed by atoms with E-state index in [1.165, 1.54) is 0 Å². The van der Waals surface area contributed by atoms with Gasteiger partial charge in [0.25, 0.3) is 11.7 Å². The van der Waals surface area contributed by atoms with Gasteiger partial charge in [0.05, 0.1) is 17.3 Å². The summed E-state index contributed by atoms with van der Waals surface area (Å²) in [5.41, 5.74) is 3.39. The normalized spacial score (nSPS) is 16.9. The summed E-state index contributed by atoms with van der Waals surface area (Å²) in [4.78, 5) is 35.0. The fraction of sp³-hybridized carbons (Fsp3) is 0.258. The van der Waals surface area contributed by atoms with Crippen LogP contribution < -0.4 is 4.74 Å². The van der Waals surface area contributed by atoms with E-state index in [0.717, 1.165) is 12.1 Å². The van der Waals surface area contributed by atoms with Gasteiger partial charge >= 0.3 is 0 Å². The third-order valence-electron chi connectivity index (χ3n) is 6.89. The van der Waals surface area contributed by atoms with Crippen molar-refractivity contribution in [2.45, 2.75) is 26.0 Å². The molecule has 39 heavy (non-hydrogen) atoms. The van der Waals surface area contributed by atoms with E-state index < -0.39 is 17.7 Å². The first kappa shape index (κ1) is 26.2. The summed E-state index contributed by atoms with van der Waals surface area (Å²) in [6.07, 6.45) is 2.46. The number of imidazole rings is 1. The molecule has 2 aromatic carbocycles. The van der Waals surface area contributed by atoms with Crippen molar-refractivity contribution >= 4 is 23.1 Å². The number of aliphatic hydroxyl groups is 1. The molecule has 1 aliphatic heterocycles. The summed E-state index contributed by atoms with van der Waals surface area (Å²) in [5, 5.41) is 11.6. The van der Waals surface area contributed by atoms with Crippen LogP contribution in [0.2, 0.25) is 0 Å². The first-order chi connectivity index (χ1) is 18.8. The number of amides is 1. The molecule has 8 heteroatoms. The summed E-state index contributed by atoms with van der Waals surface area (Å²) in [6, 6.07) is 22.0. The van der Waals surface area contributed by atoms with E-state index in [9.17, 15) is 14.7 Å². The lowest BCUT2D eigenvalue weighted by molar-refractivity contribution is -0.139. The van der Waals surface area contributed by atoms with E-state index in [1.807, 2.05) is 91.8 Å². The molecule has 5 rings (SSSR count). The highest BCUT2D eigenvalue weighted by Gasteiger charge is 2.46. The predicted octanol–water partition coefficient (Wildman–Crippen LogP) is 4.60. The topological polar surface area (TPSA) is 87.4 Å². The number of aromatic nitrogens is 2. The lowest BCUT2D eigenvalue weighted by Crippen LogP contribution is -2.32. The molecular formula is C31H32N4O4. The van der Waals surface area contributed by atoms with Gasteiger partial charge in [-0.1, -0.05) is 48.5 Å². The van der Waals surface area contributed by atoms with Crippen LogP contribution in [0.15, 0.2) is 84.6 Å². The van der Waals surface area contributed by atoms with Crippen molar-refractivity contribution < 1.29 is 19.4 Å². The van der Waals surface area contributed by atoms with Crippen molar-refractivity contribution in [2.24, 2.45) is 0 Å². The van der Waals surface area contributed by atoms with Crippen LogP contribution in [-0.4, -0.2) is 63.2 Å². The zero-order valence-corrected chi connectivity index (χ0v) is 22.4. The van der Waals surface area contributed by atoms with Crippen LogP contribution in [0.25, 0.3) is 11.4 Å². The molecule has 0 aliphatic carbocycles. The number of hydrogen-bond acceptors (Lipinski definition) is 6. The van der Waals surface area contributed by atoms with Gasteiger partial charge in [-0.05, 0) is 69.4 Å². The quantitative estimate of drug-likeness (QED) is 0.196. The molecule has 1 atom stereocenters. The Balaban J connectivity index is 1.58. The van der Waals surface area contributed by atoms with Gasteiger partial charge in [0.2, 0.25) is 0 Å². The van der Waals surface area contributed by atoms with Crippen molar-refractivity contribution in [1.82, 2.24) is 19.2 Å². The summed E-state index contributed by atoms with van der Waals surface area (Å²) in [7, 11) is 3.93. The maximum atomic E-state index is 13.5. The van der Waals surface area contributed by atoms with E-state index in [1.54, 1.807) is 22.4 Å². The van der Waals surface area contributed by atoms with Crippen LogP contribution >= 0.6 is 0 Å². The lowest BCUT2D eigenvalue weighted by Gasteiger charge is -2.26. The van der Waals surface area contributed by atoms with E-state index in [2.05, 4.69) is 4.98 Å². The molecule has 2 aromatic heterocycles. The summed E-state index contributed by atoms with van der Waals surface area (Å²) in [6.45, 7) is 3.28. The number of benzene rings is 2. The number of ether oxygens (including phenoxy) is 1. The SMILES string of the molecule is Cc1nc2ccccn2c1/C(O)=C1\C(=O)C(=O)N(CCCN(C)C)C1c1cccc(OCc2ccccc2)c1. The molecule has 0 radical (unpaired) electrons. The molecule has 0 spiro atoms. The van der Waals surface area contributed by atoms with Gasteiger partial charge in [-0.25, -0.2) is 4.98 Å². The Kier molecular flexibility index (Phi) is 7.47. The molecule has 200 valence electrons. The Morgan fingerprint density at radius 3 is 2.56 bits per heavy atom. The van der Waals surface area contributed by atoms with Crippen molar-refractivity contribution in [3.63, 3.8) is 0 Å². The second-order valence-corrected chi connectivity index (χ2v) is 9.97. The smallest absolute Gasteiger partial charge is 0.295 e. The van der Waals surface area contributed by atoms with Crippen LogP contribution in [0.5, 0.6) is 5.75 Å². The van der Waals surface area contributed by atoms with E-state index in [-0.39, 0.29) is 11.3 Å². The van der Waals surface area contributed by atoms with Gasteiger partial charge in [-0.3, -0.25) is 14.0 Å². The predicted molar refractivity (Wildman–Crippen MR) is 149 cm³/mol. The summed E-state index contributed by atoms with van der Waals surface area (Å²) < 4.78 is 7.79. The molecule has 1 saturated heterocycles. The standard InChI is InChI=1S/C31H32N4O4/c1-21-27(34-17-8-7-15-25(34)32-21)29(36)26-28(35(31(38)30(26)37)18-10-16-33(2)3)23-13-9-14-24(19-23)39-20-22-11-5-4-6-12-22/h4-9,11-15,17,19,28,36H,10,16,18,20H2,1-3H3/b29-26+. The average molecular weight is 525 g/mol. The highest BCUT2D eigenvalue weighted by atomic mass is 16.5. The molecule has 1 N–H and O–H groups in total. The third kappa shape index (κ3) is 5.28. The Labute approximate surface area is 227 Å². The lowest BCUT2D eigenvalue weighted by atomic mass is 9.96. The number of aryl methyl sites for hydroxylation is 1. The maximum Gasteiger partial charge on any atom is 0.295 e. The van der Waals surface area contributed by atoms with Crippen molar-refractivity contribution in [3.05, 3.63) is 107 Å². The minimum atomic E-state index is -0.763. The molecule has 1 aliphatic rings. The van der Waals surface area contributed by atoms with Gasteiger partial charge in [-0.2, -0.15) is 0 Å². The van der Waals surface area contributed by atoms with Crippen LogP contribution in [0, 0.1) is 6.92 Å². The molecule has 1 unspecified atom stereocenters. The first-order valence-electron chi connectivity index (χ1n) is 13.0. The number of rotatable bonds is 9. The average Bonchev–Trinajstić information content (AvgIpc) is 3.40. The Hall–Kier alpha value is -4.43. The second kappa shape index (κ2) is 11.1. The number of Topliss-reactive ketones (excluding diaryl/α,β-unsaturated/α-hetero) is 1. The van der Waals surface area contributed by atoms with Gasteiger partial charge in [-0.15, -0.1) is 0 Å². The molecule has 1 fully saturated rings. The Bertz CT molecular complexity index is 1540. The summed E-state index contributed by atoms with van der Waals surface area (Å²) >= 11 is 0. The highest BCUT2D eigenvalue weighted by Crippen LogP contribution is 2.41. The number of nitrogens with zero attached hydrogens (tertiary/aromatic N) is 4. The van der Waals surface area contributed by atoms with E-state index in [4.69, 9.17) is 4.74 Å². The van der Waals surface area contributed by atoms with Gasteiger partial charge in [0, 0.05) is 12.7 Å². The molecule has 0 saturated carbocycles. The molecule has 8 nitrogen and oxygen atoms in total. The molecular weight excluding hydrogens is 492 g/mol. The minimum absolute atomic E-state index is 0.0545. The fourth-order valence-electron chi connectivity index (χ4n) is 5.06. The van der Waals surface area contributed by atoms with Crippen LogP contribution in [0.4, 0.5) is 0 Å². The minimum Gasteiger partial charge on any atom is -0.505 e. The molecule has 1 amide bonds. The van der Waals surface area contributed by atoms with Gasteiger partial charge in [0.15, 0.2) is 5.76 Å². The number of fused-ring (bicyclic) bond motifs is 1. The number of carbonyl (C=O) groups is 2. The van der Waals surface area contributed by atoms with E-state index >= 15 is 0 Å². The van der Waals surface area contributed by atoms with Crippen LogP contribution in [0.1, 0.15) is 35.0 Å². The largest absolute Gasteiger partial charge is 0.505 e. The van der Waals surface area contributed by atoms with E-state index in [0.29, 0.717) is 47.9 Å². The monoisotopic (exact) mass is 524 g/mol. The number of likely N-dealkylation sites (tertiary alicyclic amines) is 1. The van der Waals surface area contributed by atoms with Gasteiger partial charge < -0.3 is 19.6 Å². The first-order valence-corrected chi connectivity index (χ1v) is 13.0. The summed E-state index contributed by atoms with van der Waals surface area (Å²) in [5.74, 6) is -0.952. The molecule has 3 heterocycles. The molecule has 4 aromatic rings. The Morgan fingerprint density at radius 1 is 1.03 bits per heavy atom. The third-order valence-corrected chi connectivity index (χ3v) is 6.89. The number of carbonyl (C=O) groups excluding carboxylic acids is 2. The number of hydrogen-bond donors (Lipinski definition) is 1. The zero-order chi connectivity index (χ0) is 27.5. The highest BCUT2D eigenvalue weighted by molar-refractivity contribution is 6.46. The maximum absolute atomic E-state index is 13.5. The number of pyridine rings is 1. The second-order valence-electron chi connectivity index (χ2n) is 9.97. The van der Waals surface area contributed by atoms with Crippen LogP contribution in [0.3, 0.4) is 0 Å².